The molecule has 1 aliphatic rings. The zero-order chi connectivity index (χ0) is 8.81. The van der Waals surface area contributed by atoms with E-state index in [0.29, 0.717) is 0 Å². The maximum absolute atomic E-state index is 10.7. The predicted molar refractivity (Wildman–Crippen MR) is 48.0 cm³/mol. The van der Waals surface area contributed by atoms with Gasteiger partial charge in [-0.25, -0.2) is 0 Å². The molecule has 1 aliphatic carbocycles. The van der Waals surface area contributed by atoms with E-state index in [1.807, 2.05) is 6.08 Å². The fraction of sp³-hybridized carbons (Fsp3) is 0.700. The molecule has 0 heterocycles. The van der Waals surface area contributed by atoms with Gasteiger partial charge in [-0.05, 0) is 25.7 Å². The summed E-state index contributed by atoms with van der Waals surface area (Å²) in [6.07, 6.45) is 10.3. The van der Waals surface area contributed by atoms with Gasteiger partial charge in [0.05, 0.1) is 5.92 Å². The molecule has 0 aromatic heterocycles. The van der Waals surface area contributed by atoms with Crippen molar-refractivity contribution in [2.24, 2.45) is 5.92 Å². The molecule has 0 amide bonds. The van der Waals surface area contributed by atoms with Crippen molar-refractivity contribution in [2.75, 3.05) is 0 Å². The van der Waals surface area contributed by atoms with E-state index in [9.17, 15) is 4.79 Å². The Kier molecular flexibility index (Phi) is 3.85. The van der Waals surface area contributed by atoms with Crippen LogP contribution in [0, 0.1) is 5.92 Å². The smallest absolute Gasteiger partial charge is 0.306 e. The summed E-state index contributed by atoms with van der Waals surface area (Å²) in [5.74, 6) is -0.777. The van der Waals surface area contributed by atoms with Gasteiger partial charge in [0, 0.05) is 0 Å². The topological polar surface area (TPSA) is 37.3 Å². The summed E-state index contributed by atoms with van der Waals surface area (Å²) in [5, 5.41) is 8.81. The van der Waals surface area contributed by atoms with E-state index < -0.39 is 5.97 Å². The van der Waals surface area contributed by atoms with Gasteiger partial charge in [-0.2, -0.15) is 0 Å². The highest BCUT2D eigenvalue weighted by atomic mass is 16.4. The zero-order valence-electron chi connectivity index (χ0n) is 7.33. The molecule has 0 bridgehead atoms. The zero-order valence-corrected chi connectivity index (χ0v) is 7.33. The third-order valence-corrected chi connectivity index (χ3v) is 2.36. The molecule has 0 saturated heterocycles. The molecular weight excluding hydrogens is 152 g/mol. The van der Waals surface area contributed by atoms with Crippen LogP contribution in [0.1, 0.15) is 38.5 Å². The van der Waals surface area contributed by atoms with Crippen LogP contribution in [0.2, 0.25) is 0 Å². The number of carbonyl (C=O) groups is 1. The first-order valence-corrected chi connectivity index (χ1v) is 4.68. The summed E-state index contributed by atoms with van der Waals surface area (Å²) in [5.41, 5.74) is 0. The Hall–Kier alpha value is -0.790. The van der Waals surface area contributed by atoms with Crippen LogP contribution >= 0.6 is 0 Å². The van der Waals surface area contributed by atoms with Gasteiger partial charge in [0.1, 0.15) is 0 Å². The summed E-state index contributed by atoms with van der Waals surface area (Å²) in [7, 11) is 0. The van der Waals surface area contributed by atoms with Crippen LogP contribution in [0.15, 0.2) is 12.2 Å². The molecule has 0 spiro atoms. The predicted octanol–water partition coefficient (Wildman–Crippen LogP) is 2.60. The lowest BCUT2D eigenvalue weighted by molar-refractivity contribution is -0.141. The third-order valence-electron chi connectivity index (χ3n) is 2.36. The second kappa shape index (κ2) is 4.96. The van der Waals surface area contributed by atoms with Gasteiger partial charge < -0.3 is 5.11 Å². The molecule has 68 valence electrons. The molecule has 1 unspecified atom stereocenters. The van der Waals surface area contributed by atoms with Crippen LogP contribution in [-0.2, 0) is 4.79 Å². The first-order valence-electron chi connectivity index (χ1n) is 4.68. The van der Waals surface area contributed by atoms with Crippen molar-refractivity contribution >= 4 is 5.97 Å². The first-order chi connectivity index (χ1) is 5.80. The molecule has 0 radical (unpaired) electrons. The van der Waals surface area contributed by atoms with E-state index >= 15 is 0 Å². The van der Waals surface area contributed by atoms with Crippen LogP contribution in [0.3, 0.4) is 0 Å². The van der Waals surface area contributed by atoms with Crippen LogP contribution < -0.4 is 0 Å². The summed E-state index contributed by atoms with van der Waals surface area (Å²) < 4.78 is 0. The van der Waals surface area contributed by atoms with E-state index in [-0.39, 0.29) is 5.92 Å². The van der Waals surface area contributed by atoms with Crippen molar-refractivity contribution in [1.29, 1.82) is 0 Å². The molecule has 2 heteroatoms. The second-order valence-corrected chi connectivity index (χ2v) is 3.38. The van der Waals surface area contributed by atoms with Gasteiger partial charge in [-0.15, -0.1) is 0 Å². The minimum absolute atomic E-state index is 0.139. The van der Waals surface area contributed by atoms with E-state index in [0.717, 1.165) is 25.7 Å². The van der Waals surface area contributed by atoms with Crippen molar-refractivity contribution in [3.05, 3.63) is 12.2 Å². The molecule has 0 saturated carbocycles. The van der Waals surface area contributed by atoms with Crippen LogP contribution in [0.4, 0.5) is 0 Å². The maximum atomic E-state index is 10.7. The normalized spacial score (nSPS) is 25.5. The molecule has 12 heavy (non-hydrogen) atoms. The van der Waals surface area contributed by atoms with Crippen LogP contribution in [0.25, 0.3) is 0 Å². The molecule has 0 aliphatic heterocycles. The fourth-order valence-electron chi connectivity index (χ4n) is 1.55. The highest BCUT2D eigenvalue weighted by molar-refractivity contribution is 5.70. The highest BCUT2D eigenvalue weighted by Crippen LogP contribution is 2.17. The third kappa shape index (κ3) is 3.07. The maximum Gasteiger partial charge on any atom is 0.306 e. The average Bonchev–Trinajstić information content (AvgIpc) is 2.15. The van der Waals surface area contributed by atoms with Gasteiger partial charge in [0.15, 0.2) is 0 Å². The van der Waals surface area contributed by atoms with Crippen molar-refractivity contribution < 1.29 is 9.90 Å². The van der Waals surface area contributed by atoms with Crippen molar-refractivity contribution in [2.45, 2.75) is 38.5 Å². The quantitative estimate of drug-likeness (QED) is 0.611. The number of hydrogen-bond acceptors (Lipinski definition) is 1. The monoisotopic (exact) mass is 168 g/mol. The van der Waals surface area contributed by atoms with Gasteiger partial charge in [0.25, 0.3) is 0 Å². The number of rotatable bonds is 1. The summed E-state index contributed by atoms with van der Waals surface area (Å²) in [6, 6.07) is 0. The fourth-order valence-corrected chi connectivity index (χ4v) is 1.55. The lowest BCUT2D eigenvalue weighted by Gasteiger charge is -2.07. The van der Waals surface area contributed by atoms with Crippen molar-refractivity contribution in [1.82, 2.24) is 0 Å². The minimum Gasteiger partial charge on any atom is -0.481 e. The Bertz CT molecular complexity index is 173. The Balaban J connectivity index is 2.44. The molecule has 2 nitrogen and oxygen atoms in total. The average molecular weight is 168 g/mol. The van der Waals surface area contributed by atoms with Gasteiger partial charge in [-0.1, -0.05) is 25.0 Å². The highest BCUT2D eigenvalue weighted by Gasteiger charge is 2.15. The number of carboxylic acid groups (broad SMARTS) is 1. The van der Waals surface area contributed by atoms with Crippen LogP contribution in [-0.4, -0.2) is 11.1 Å². The van der Waals surface area contributed by atoms with E-state index in [4.69, 9.17) is 5.11 Å². The SMILES string of the molecule is O=C(O)C1CC=CCCCCC1. The first kappa shape index (κ1) is 9.30. The van der Waals surface area contributed by atoms with Gasteiger partial charge in [0.2, 0.25) is 0 Å². The largest absolute Gasteiger partial charge is 0.481 e. The van der Waals surface area contributed by atoms with E-state index in [2.05, 4.69) is 6.08 Å². The number of hydrogen-bond donors (Lipinski definition) is 1. The van der Waals surface area contributed by atoms with Gasteiger partial charge >= 0.3 is 5.97 Å². The summed E-state index contributed by atoms with van der Waals surface area (Å²) in [4.78, 5) is 10.7. The summed E-state index contributed by atoms with van der Waals surface area (Å²) >= 11 is 0. The lowest BCUT2D eigenvalue weighted by Crippen LogP contribution is -2.12. The Morgan fingerprint density at radius 3 is 2.83 bits per heavy atom. The van der Waals surface area contributed by atoms with Crippen molar-refractivity contribution in [3.8, 4) is 0 Å². The number of carboxylic acids is 1. The van der Waals surface area contributed by atoms with Crippen LogP contribution in [0.5, 0.6) is 0 Å². The molecule has 1 atom stereocenters. The molecule has 0 aromatic carbocycles. The van der Waals surface area contributed by atoms with Crippen molar-refractivity contribution in [3.63, 3.8) is 0 Å². The molecule has 1 N–H and O–H groups in total. The second-order valence-electron chi connectivity index (χ2n) is 3.38. The Morgan fingerprint density at radius 1 is 1.25 bits per heavy atom. The lowest BCUT2D eigenvalue weighted by atomic mass is 9.99. The van der Waals surface area contributed by atoms with E-state index in [1.54, 1.807) is 0 Å². The standard InChI is InChI=1S/C10H16O2/c11-10(12)9-7-5-3-1-2-4-6-8-9/h3,5,9H,1-2,4,6-8H2,(H,11,12). The Morgan fingerprint density at radius 2 is 2.08 bits per heavy atom. The Labute approximate surface area is 73.3 Å². The molecule has 0 fully saturated rings. The minimum atomic E-state index is -0.637. The summed E-state index contributed by atoms with van der Waals surface area (Å²) in [6.45, 7) is 0. The number of allylic oxidation sites excluding steroid dienone is 2. The molecular formula is C10H16O2. The number of aliphatic carboxylic acids is 1. The van der Waals surface area contributed by atoms with Gasteiger partial charge in [-0.3, -0.25) is 4.79 Å². The molecule has 1 rings (SSSR count). The molecule has 0 aromatic rings. The van der Waals surface area contributed by atoms with E-state index in [1.165, 1.54) is 12.8 Å².